The minimum absolute atomic E-state index is 0.724. The van der Waals surface area contributed by atoms with Crippen molar-refractivity contribution < 1.29 is 8.83 Å². The van der Waals surface area contributed by atoms with E-state index in [1.54, 1.807) is 0 Å². The number of nitrogens with zero attached hydrogens (tertiary/aromatic N) is 3. The second-order valence-corrected chi connectivity index (χ2v) is 11.4. The number of hydrogen-bond acceptors (Lipinski definition) is 4. The second kappa shape index (κ2) is 9.15. The molecule has 0 saturated carbocycles. The summed E-state index contributed by atoms with van der Waals surface area (Å²) < 4.78 is 15.0. The lowest BCUT2D eigenvalue weighted by Gasteiger charge is -2.10. The minimum atomic E-state index is 0.724. The van der Waals surface area contributed by atoms with Crippen molar-refractivity contribution in [1.82, 2.24) is 14.5 Å². The molecule has 210 valence electrons. The van der Waals surface area contributed by atoms with Crippen LogP contribution in [-0.4, -0.2) is 14.5 Å². The van der Waals surface area contributed by atoms with Gasteiger partial charge in [-0.25, -0.2) is 9.97 Å². The Bertz CT molecular complexity index is 2660. The molecule has 0 amide bonds. The fourth-order valence-electron chi connectivity index (χ4n) is 6.66. The van der Waals surface area contributed by atoms with Crippen LogP contribution in [-0.2, 0) is 0 Å². The number of pyridine rings is 2. The Morgan fingerprint density at radius 3 is 1.60 bits per heavy atom. The van der Waals surface area contributed by atoms with Crippen LogP contribution in [0.1, 0.15) is 0 Å². The highest BCUT2D eigenvalue weighted by atomic mass is 16.4. The molecule has 0 fully saturated rings. The lowest BCUT2D eigenvalue weighted by molar-refractivity contribution is 0.634. The van der Waals surface area contributed by atoms with Gasteiger partial charge in [0.1, 0.15) is 28.0 Å². The molecule has 0 aliphatic heterocycles. The lowest BCUT2D eigenvalue weighted by Crippen LogP contribution is -1.98. The first-order chi connectivity index (χ1) is 22.3. The van der Waals surface area contributed by atoms with Gasteiger partial charge < -0.3 is 8.83 Å². The SMILES string of the molecule is c1ccc(-c2ccc(-c3ccc4ccc5ccc(-n6c7c8ccccc8oc7c7oc8ccccc8c76)nc5c4n3)cc2)cc1. The molecule has 0 unspecified atom stereocenters. The van der Waals surface area contributed by atoms with Gasteiger partial charge in [-0.1, -0.05) is 97.1 Å². The normalized spacial score (nSPS) is 12.0. The fraction of sp³-hybridized carbons (Fsp3) is 0. The smallest absolute Gasteiger partial charge is 0.196 e. The molecule has 0 radical (unpaired) electrons. The molecule has 10 rings (SSSR count). The van der Waals surface area contributed by atoms with Crippen LogP contribution in [0.25, 0.3) is 94.1 Å². The topological polar surface area (TPSA) is 57.0 Å². The summed E-state index contributed by atoms with van der Waals surface area (Å²) in [5.41, 5.74) is 11.0. The monoisotopic (exact) mass is 577 g/mol. The Morgan fingerprint density at radius 1 is 0.422 bits per heavy atom. The quantitative estimate of drug-likeness (QED) is 0.196. The maximum absolute atomic E-state index is 6.40. The van der Waals surface area contributed by atoms with Crippen molar-refractivity contribution >= 4 is 65.9 Å². The van der Waals surface area contributed by atoms with Crippen LogP contribution in [0, 0.1) is 0 Å². The van der Waals surface area contributed by atoms with Crippen LogP contribution in [0.4, 0.5) is 0 Å². The second-order valence-electron chi connectivity index (χ2n) is 11.4. The summed E-state index contributed by atoms with van der Waals surface area (Å²) in [6.45, 7) is 0. The molecule has 10 aromatic rings. The number of furan rings is 2. The summed E-state index contributed by atoms with van der Waals surface area (Å²) in [4.78, 5) is 10.5. The molecule has 5 aromatic carbocycles. The van der Waals surface area contributed by atoms with E-state index in [9.17, 15) is 0 Å². The van der Waals surface area contributed by atoms with Crippen molar-refractivity contribution in [3.8, 4) is 28.2 Å². The molecule has 5 nitrogen and oxygen atoms in total. The van der Waals surface area contributed by atoms with E-state index in [0.717, 1.165) is 83.0 Å². The highest BCUT2D eigenvalue weighted by Crippen LogP contribution is 2.43. The molecule has 5 heterocycles. The molecule has 5 aromatic heterocycles. The van der Waals surface area contributed by atoms with Crippen LogP contribution < -0.4 is 0 Å². The van der Waals surface area contributed by atoms with Crippen molar-refractivity contribution in [2.45, 2.75) is 0 Å². The molecule has 0 bridgehead atoms. The zero-order chi connectivity index (χ0) is 29.5. The first-order valence-electron chi connectivity index (χ1n) is 15.0. The van der Waals surface area contributed by atoms with Crippen LogP contribution >= 0.6 is 0 Å². The van der Waals surface area contributed by atoms with Crippen molar-refractivity contribution in [3.63, 3.8) is 0 Å². The number of aromatic nitrogens is 3. The molecule has 0 saturated heterocycles. The number of benzene rings is 5. The van der Waals surface area contributed by atoms with E-state index < -0.39 is 0 Å². The van der Waals surface area contributed by atoms with Gasteiger partial charge in [-0.3, -0.25) is 4.57 Å². The molecule has 0 spiro atoms. The predicted molar refractivity (Wildman–Crippen MR) is 182 cm³/mol. The average molecular weight is 578 g/mol. The van der Waals surface area contributed by atoms with Crippen molar-refractivity contribution in [1.29, 1.82) is 0 Å². The molecule has 0 N–H and O–H groups in total. The van der Waals surface area contributed by atoms with Gasteiger partial charge in [-0.15, -0.1) is 0 Å². The number of rotatable bonds is 3. The van der Waals surface area contributed by atoms with Gasteiger partial charge in [0.05, 0.1) is 16.7 Å². The Kier molecular flexibility index (Phi) is 4.93. The molecular weight excluding hydrogens is 554 g/mol. The molecule has 45 heavy (non-hydrogen) atoms. The Morgan fingerprint density at radius 2 is 0.933 bits per heavy atom. The fourth-order valence-corrected chi connectivity index (χ4v) is 6.66. The molecule has 0 aliphatic carbocycles. The number of hydrogen-bond donors (Lipinski definition) is 0. The third-order valence-corrected chi connectivity index (χ3v) is 8.81. The van der Waals surface area contributed by atoms with Gasteiger partial charge in [0.25, 0.3) is 0 Å². The van der Waals surface area contributed by atoms with Crippen LogP contribution in [0.5, 0.6) is 0 Å². The Balaban J connectivity index is 1.21. The van der Waals surface area contributed by atoms with Crippen LogP contribution in [0.2, 0.25) is 0 Å². The van der Waals surface area contributed by atoms with Crippen LogP contribution in [0.3, 0.4) is 0 Å². The Hall–Kier alpha value is -6.20. The zero-order valence-corrected chi connectivity index (χ0v) is 23.9. The van der Waals surface area contributed by atoms with E-state index in [1.165, 1.54) is 11.1 Å². The van der Waals surface area contributed by atoms with Crippen LogP contribution in [0.15, 0.2) is 148 Å². The van der Waals surface area contributed by atoms with E-state index >= 15 is 0 Å². The van der Waals surface area contributed by atoms with E-state index in [1.807, 2.05) is 42.5 Å². The van der Waals surface area contributed by atoms with Gasteiger partial charge in [-0.2, -0.15) is 0 Å². The highest BCUT2D eigenvalue weighted by Gasteiger charge is 2.25. The summed E-state index contributed by atoms with van der Waals surface area (Å²) in [5, 5.41) is 4.11. The third kappa shape index (κ3) is 3.55. The van der Waals surface area contributed by atoms with Gasteiger partial charge in [0.15, 0.2) is 11.2 Å². The van der Waals surface area contributed by atoms with Crippen molar-refractivity contribution in [2.75, 3.05) is 0 Å². The van der Waals surface area contributed by atoms with Crippen molar-refractivity contribution in [2.24, 2.45) is 0 Å². The largest absolute Gasteiger partial charge is 0.450 e. The van der Waals surface area contributed by atoms with E-state index in [4.69, 9.17) is 18.8 Å². The van der Waals surface area contributed by atoms with Crippen molar-refractivity contribution in [3.05, 3.63) is 140 Å². The van der Waals surface area contributed by atoms with E-state index in [-0.39, 0.29) is 0 Å². The predicted octanol–water partition coefficient (Wildman–Crippen LogP) is 10.7. The summed E-state index contributed by atoms with van der Waals surface area (Å²) in [7, 11) is 0. The summed E-state index contributed by atoms with van der Waals surface area (Å²) in [6.07, 6.45) is 0. The summed E-state index contributed by atoms with van der Waals surface area (Å²) in [6, 6.07) is 47.9. The van der Waals surface area contributed by atoms with Gasteiger partial charge >= 0.3 is 0 Å². The van der Waals surface area contributed by atoms with Gasteiger partial charge in [0.2, 0.25) is 0 Å². The maximum atomic E-state index is 6.40. The van der Waals surface area contributed by atoms with Gasteiger partial charge in [0, 0.05) is 27.1 Å². The third-order valence-electron chi connectivity index (χ3n) is 8.81. The molecule has 0 atom stereocenters. The summed E-state index contributed by atoms with van der Waals surface area (Å²) in [5.74, 6) is 0.785. The standard InChI is InChI=1S/C40H23N3O2/c1-2-8-24(9-3-1)25-14-16-26(17-15-25)31-22-20-27-18-19-28-21-23-34(42-36(28)35(27)41-31)43-37-29-10-4-6-12-32(29)44-39(37)40-38(43)30-11-5-7-13-33(30)45-40/h1-23H. The highest BCUT2D eigenvalue weighted by molar-refractivity contribution is 6.20. The first-order valence-corrected chi connectivity index (χ1v) is 15.0. The summed E-state index contributed by atoms with van der Waals surface area (Å²) >= 11 is 0. The molecule has 5 heteroatoms. The van der Waals surface area contributed by atoms with E-state index in [2.05, 4.69) is 102 Å². The Labute approximate surface area is 256 Å². The number of fused-ring (bicyclic) bond motifs is 10. The molecular formula is C40H23N3O2. The zero-order valence-electron chi connectivity index (χ0n) is 23.9. The van der Waals surface area contributed by atoms with Gasteiger partial charge in [-0.05, 0) is 53.6 Å². The minimum Gasteiger partial charge on any atom is -0.450 e. The maximum Gasteiger partial charge on any atom is 0.196 e. The first kappa shape index (κ1) is 24.3. The average Bonchev–Trinajstić information content (AvgIpc) is 3.76. The molecule has 0 aliphatic rings. The lowest BCUT2D eigenvalue weighted by atomic mass is 10.0. The number of para-hydroxylation sites is 2. The van der Waals surface area contributed by atoms with E-state index in [0.29, 0.717) is 0 Å².